The lowest BCUT2D eigenvalue weighted by Crippen LogP contribution is -2.26. The molecule has 0 aliphatic heterocycles. The van der Waals surface area contributed by atoms with Crippen molar-refractivity contribution in [2.75, 3.05) is 6.26 Å². The minimum atomic E-state index is -3.07. The van der Waals surface area contributed by atoms with Crippen molar-refractivity contribution in [3.8, 4) is 0 Å². The van der Waals surface area contributed by atoms with Gasteiger partial charge in [0, 0.05) is 11.8 Å². The second kappa shape index (κ2) is 6.75. The Labute approximate surface area is 131 Å². The number of amides is 1. The van der Waals surface area contributed by atoms with Crippen molar-refractivity contribution >= 4 is 15.7 Å². The minimum Gasteiger partial charge on any atom is -0.346 e. The van der Waals surface area contributed by atoms with Crippen LogP contribution in [0.15, 0.2) is 54.6 Å². The third-order valence-corrected chi connectivity index (χ3v) is 4.15. The van der Waals surface area contributed by atoms with Gasteiger partial charge in [-0.3, -0.25) is 4.79 Å². The third-order valence-electron chi connectivity index (χ3n) is 3.29. The van der Waals surface area contributed by atoms with Crippen molar-refractivity contribution in [1.29, 1.82) is 0 Å². The molecule has 0 bridgehead atoms. The van der Waals surface area contributed by atoms with E-state index in [1.165, 1.54) is 6.26 Å². The van der Waals surface area contributed by atoms with E-state index in [1.807, 2.05) is 37.3 Å². The molecule has 2 rings (SSSR count). The van der Waals surface area contributed by atoms with Gasteiger partial charge in [0.05, 0.1) is 11.8 Å². The van der Waals surface area contributed by atoms with Gasteiger partial charge in [-0.1, -0.05) is 42.5 Å². The second-order valence-electron chi connectivity index (χ2n) is 5.37. The van der Waals surface area contributed by atoms with Gasteiger partial charge in [-0.2, -0.15) is 0 Å². The lowest BCUT2D eigenvalue weighted by atomic mass is 10.1. The summed E-state index contributed by atoms with van der Waals surface area (Å²) in [6.45, 7) is 1.92. The van der Waals surface area contributed by atoms with Gasteiger partial charge in [0.1, 0.15) is 0 Å². The molecule has 2 aromatic carbocycles. The first-order valence-corrected chi connectivity index (χ1v) is 9.04. The van der Waals surface area contributed by atoms with Crippen LogP contribution in [0.1, 0.15) is 34.5 Å². The van der Waals surface area contributed by atoms with Crippen molar-refractivity contribution in [2.45, 2.75) is 18.7 Å². The molecule has 1 N–H and O–H groups in total. The zero-order valence-corrected chi connectivity index (χ0v) is 13.4. The Balaban J connectivity index is 2.04. The van der Waals surface area contributed by atoms with Crippen molar-refractivity contribution in [2.24, 2.45) is 0 Å². The summed E-state index contributed by atoms with van der Waals surface area (Å²) in [6.07, 6.45) is 1.19. The van der Waals surface area contributed by atoms with Gasteiger partial charge in [-0.05, 0) is 30.2 Å². The highest BCUT2D eigenvalue weighted by atomic mass is 32.2. The molecule has 0 heterocycles. The Hall–Kier alpha value is -2.14. The molecule has 0 fully saturated rings. The van der Waals surface area contributed by atoms with Crippen molar-refractivity contribution in [3.05, 3.63) is 71.3 Å². The van der Waals surface area contributed by atoms with E-state index in [1.54, 1.807) is 24.3 Å². The maximum atomic E-state index is 12.2. The lowest BCUT2D eigenvalue weighted by Gasteiger charge is -2.14. The first kappa shape index (κ1) is 16.2. The van der Waals surface area contributed by atoms with Crippen LogP contribution in [0.4, 0.5) is 0 Å². The van der Waals surface area contributed by atoms with E-state index in [-0.39, 0.29) is 17.7 Å². The fraction of sp³-hybridized carbons (Fsp3) is 0.235. The highest BCUT2D eigenvalue weighted by Crippen LogP contribution is 2.13. The fourth-order valence-corrected chi connectivity index (χ4v) is 2.96. The Kier molecular flexibility index (Phi) is 4.98. The second-order valence-corrected chi connectivity index (χ2v) is 7.51. The van der Waals surface area contributed by atoms with Crippen LogP contribution >= 0.6 is 0 Å². The molecule has 0 radical (unpaired) electrons. The molecule has 0 saturated carbocycles. The number of hydrogen-bond donors (Lipinski definition) is 1. The number of nitrogens with one attached hydrogen (secondary N) is 1. The molecule has 0 aliphatic rings. The van der Waals surface area contributed by atoms with Gasteiger partial charge in [0.2, 0.25) is 0 Å². The Morgan fingerprint density at radius 2 is 1.64 bits per heavy atom. The van der Waals surface area contributed by atoms with Crippen LogP contribution in [0, 0.1) is 0 Å². The molecule has 1 amide bonds. The van der Waals surface area contributed by atoms with Crippen LogP contribution in [-0.4, -0.2) is 20.6 Å². The molecule has 116 valence electrons. The summed E-state index contributed by atoms with van der Waals surface area (Å²) in [5, 5.41) is 2.92. The summed E-state index contributed by atoms with van der Waals surface area (Å²) in [4.78, 5) is 12.2. The highest BCUT2D eigenvalue weighted by Gasteiger charge is 2.11. The molecule has 1 unspecified atom stereocenters. The summed E-state index contributed by atoms with van der Waals surface area (Å²) in [6, 6.07) is 16.2. The van der Waals surface area contributed by atoms with Gasteiger partial charge in [0.15, 0.2) is 9.84 Å². The molecule has 5 heteroatoms. The van der Waals surface area contributed by atoms with E-state index >= 15 is 0 Å². The van der Waals surface area contributed by atoms with Crippen LogP contribution in [0.3, 0.4) is 0 Å². The Morgan fingerprint density at radius 1 is 1.05 bits per heavy atom. The molecule has 4 nitrogen and oxygen atoms in total. The average molecular weight is 317 g/mol. The quantitative estimate of drug-likeness (QED) is 0.922. The molecule has 0 saturated heterocycles. The smallest absolute Gasteiger partial charge is 0.251 e. The van der Waals surface area contributed by atoms with Crippen molar-refractivity contribution in [3.63, 3.8) is 0 Å². The number of carbonyl (C=O) groups excluding carboxylic acids is 1. The molecule has 0 spiro atoms. The molecule has 1 atom stereocenters. The average Bonchev–Trinajstić information content (AvgIpc) is 2.47. The van der Waals surface area contributed by atoms with Crippen LogP contribution in [-0.2, 0) is 15.6 Å². The highest BCUT2D eigenvalue weighted by molar-refractivity contribution is 7.89. The summed E-state index contributed by atoms with van der Waals surface area (Å²) in [7, 11) is -3.07. The summed E-state index contributed by atoms with van der Waals surface area (Å²) < 4.78 is 22.5. The van der Waals surface area contributed by atoms with E-state index in [9.17, 15) is 13.2 Å². The van der Waals surface area contributed by atoms with Crippen LogP contribution < -0.4 is 5.32 Å². The maximum Gasteiger partial charge on any atom is 0.251 e. The molecule has 0 aromatic heterocycles. The molecule has 0 aliphatic carbocycles. The van der Waals surface area contributed by atoms with E-state index < -0.39 is 9.84 Å². The topological polar surface area (TPSA) is 63.2 Å². The number of benzene rings is 2. The Morgan fingerprint density at radius 3 is 2.18 bits per heavy atom. The predicted molar refractivity (Wildman–Crippen MR) is 87.3 cm³/mol. The summed E-state index contributed by atoms with van der Waals surface area (Å²) >= 11 is 0. The number of carbonyl (C=O) groups is 1. The van der Waals surface area contributed by atoms with E-state index in [0.29, 0.717) is 11.1 Å². The SMILES string of the molecule is CC(NC(=O)c1ccc(CS(C)(=O)=O)cc1)c1ccccc1. The molecule has 2 aromatic rings. The summed E-state index contributed by atoms with van der Waals surface area (Å²) in [5.41, 5.74) is 2.22. The van der Waals surface area contributed by atoms with Gasteiger partial charge >= 0.3 is 0 Å². The monoisotopic (exact) mass is 317 g/mol. The molecule has 22 heavy (non-hydrogen) atoms. The lowest BCUT2D eigenvalue weighted by molar-refractivity contribution is 0.0940. The largest absolute Gasteiger partial charge is 0.346 e. The third kappa shape index (κ3) is 4.70. The van der Waals surface area contributed by atoms with Gasteiger partial charge < -0.3 is 5.32 Å². The Bertz CT molecular complexity index is 737. The van der Waals surface area contributed by atoms with Gasteiger partial charge in [-0.15, -0.1) is 0 Å². The number of hydrogen-bond acceptors (Lipinski definition) is 3. The van der Waals surface area contributed by atoms with Crippen molar-refractivity contribution < 1.29 is 13.2 Å². The van der Waals surface area contributed by atoms with E-state index in [0.717, 1.165) is 5.56 Å². The van der Waals surface area contributed by atoms with Crippen LogP contribution in [0.25, 0.3) is 0 Å². The zero-order valence-electron chi connectivity index (χ0n) is 12.6. The zero-order chi connectivity index (χ0) is 16.2. The number of sulfone groups is 1. The first-order chi connectivity index (χ1) is 10.3. The summed E-state index contributed by atoms with van der Waals surface area (Å²) in [5.74, 6) is -0.197. The van der Waals surface area contributed by atoms with Crippen molar-refractivity contribution in [1.82, 2.24) is 5.32 Å². The minimum absolute atomic E-state index is 0.0185. The first-order valence-electron chi connectivity index (χ1n) is 6.97. The normalized spacial score (nSPS) is 12.6. The number of rotatable bonds is 5. The van der Waals surface area contributed by atoms with Crippen LogP contribution in [0.5, 0.6) is 0 Å². The van der Waals surface area contributed by atoms with E-state index in [2.05, 4.69) is 5.32 Å². The van der Waals surface area contributed by atoms with Gasteiger partial charge in [-0.25, -0.2) is 8.42 Å². The molecular formula is C17H19NO3S. The predicted octanol–water partition coefficient (Wildman–Crippen LogP) is 2.72. The standard InChI is InChI=1S/C17H19NO3S/c1-13(15-6-4-3-5-7-15)18-17(19)16-10-8-14(9-11-16)12-22(2,20)21/h3-11,13H,12H2,1-2H3,(H,18,19). The fourth-order valence-electron chi connectivity index (χ4n) is 2.16. The van der Waals surface area contributed by atoms with Gasteiger partial charge in [0.25, 0.3) is 5.91 Å². The maximum absolute atomic E-state index is 12.2. The van der Waals surface area contributed by atoms with Crippen LogP contribution in [0.2, 0.25) is 0 Å². The van der Waals surface area contributed by atoms with E-state index in [4.69, 9.17) is 0 Å². The molecular weight excluding hydrogens is 298 g/mol.